The molecule has 11 heteroatoms. The molecular formula is C18H17F2N5O2S2. The molecule has 0 spiro atoms. The smallest absolute Gasteiger partial charge is 0.325 e. The van der Waals surface area contributed by atoms with Crippen molar-refractivity contribution in [3.8, 4) is 0 Å². The van der Waals surface area contributed by atoms with Gasteiger partial charge in [-0.3, -0.25) is 14.7 Å². The fraction of sp³-hybridized carbons (Fsp3) is 0.167. The average Bonchev–Trinajstić information content (AvgIpc) is 3.13. The highest BCUT2D eigenvalue weighted by Gasteiger charge is 2.26. The molecule has 1 aromatic heterocycles. The molecule has 4 N–H and O–H groups in total. The minimum Gasteiger partial charge on any atom is -0.325 e. The second-order valence-corrected chi connectivity index (χ2v) is 7.46. The Balaban J connectivity index is 1.86. The molecular weight excluding hydrogens is 420 g/mol. The first-order valence-electron chi connectivity index (χ1n) is 8.35. The second kappa shape index (κ2) is 9.16. The molecule has 0 saturated heterocycles. The number of nitrogens with two attached hydrogens (primary N) is 1. The Kier molecular flexibility index (Phi) is 6.62. The van der Waals surface area contributed by atoms with E-state index in [1.54, 1.807) is 24.7 Å². The fourth-order valence-electron chi connectivity index (χ4n) is 2.82. The number of nitrogens with one attached hydrogen (secondary N) is 2. The van der Waals surface area contributed by atoms with Gasteiger partial charge in [0.2, 0.25) is 5.91 Å². The molecule has 2 aromatic carbocycles. The third kappa shape index (κ3) is 5.19. The van der Waals surface area contributed by atoms with Gasteiger partial charge in [-0.1, -0.05) is 0 Å². The monoisotopic (exact) mass is 437 g/mol. The number of carbonyl (C=O) groups excluding carboxylic acids is 2. The predicted octanol–water partition coefficient (Wildman–Crippen LogP) is 2.97. The molecule has 1 unspecified atom stereocenters. The number of carbonyl (C=O) groups is 2. The topological polar surface area (TPSA) is 100 Å². The number of benzene rings is 2. The first-order valence-corrected chi connectivity index (χ1v) is 10.1. The summed E-state index contributed by atoms with van der Waals surface area (Å²) in [4.78, 5) is 30.6. The summed E-state index contributed by atoms with van der Waals surface area (Å²) in [6, 6.07) is 6.53. The van der Waals surface area contributed by atoms with Gasteiger partial charge in [-0.2, -0.15) is 0 Å². The zero-order chi connectivity index (χ0) is 21.0. The summed E-state index contributed by atoms with van der Waals surface area (Å²) in [5.74, 6) is -2.01. The number of aromatic nitrogens is 1. The lowest BCUT2D eigenvalue weighted by atomic mass is 10.0. The van der Waals surface area contributed by atoms with Crippen LogP contribution in [0.25, 0.3) is 10.2 Å². The summed E-state index contributed by atoms with van der Waals surface area (Å²) in [5, 5.41) is 7.70. The number of hydrogen-bond acceptors (Lipinski definition) is 6. The highest BCUT2D eigenvalue weighted by atomic mass is 32.2. The van der Waals surface area contributed by atoms with Gasteiger partial charge in [0.1, 0.15) is 17.7 Å². The van der Waals surface area contributed by atoms with Gasteiger partial charge in [-0.25, -0.2) is 18.6 Å². The quantitative estimate of drug-likeness (QED) is 0.515. The summed E-state index contributed by atoms with van der Waals surface area (Å²) in [6.07, 6.45) is -0.112. The Bertz CT molecular complexity index is 1030. The van der Waals surface area contributed by atoms with Crippen molar-refractivity contribution >= 4 is 51.3 Å². The third-order valence-electron chi connectivity index (χ3n) is 4.15. The van der Waals surface area contributed by atoms with E-state index in [1.165, 1.54) is 16.2 Å². The van der Waals surface area contributed by atoms with Crippen molar-refractivity contribution in [1.82, 2.24) is 15.0 Å². The number of thiazole rings is 1. The lowest BCUT2D eigenvalue weighted by Gasteiger charge is -2.25. The highest BCUT2D eigenvalue weighted by Crippen LogP contribution is 2.24. The average molecular weight is 437 g/mol. The first kappa shape index (κ1) is 21.0. The highest BCUT2D eigenvalue weighted by molar-refractivity contribution is 7.95. The van der Waals surface area contributed by atoms with Gasteiger partial charge in [0, 0.05) is 37.4 Å². The molecule has 0 aliphatic rings. The van der Waals surface area contributed by atoms with Gasteiger partial charge in [0.05, 0.1) is 15.7 Å². The number of urea groups is 1. The minimum atomic E-state index is -1.08. The number of hydrogen-bond donors (Lipinski definition) is 3. The van der Waals surface area contributed by atoms with Crippen LogP contribution in [0.15, 0.2) is 41.9 Å². The van der Waals surface area contributed by atoms with Gasteiger partial charge < -0.3 is 10.2 Å². The van der Waals surface area contributed by atoms with Crippen LogP contribution in [0.2, 0.25) is 0 Å². The van der Waals surface area contributed by atoms with E-state index in [-0.39, 0.29) is 12.0 Å². The number of amides is 3. The molecule has 0 bridgehead atoms. The predicted molar refractivity (Wildman–Crippen MR) is 110 cm³/mol. The first-order chi connectivity index (χ1) is 13.9. The van der Waals surface area contributed by atoms with E-state index in [2.05, 4.69) is 15.0 Å². The van der Waals surface area contributed by atoms with Crippen LogP contribution < -0.4 is 20.1 Å². The molecule has 152 valence electrons. The van der Waals surface area contributed by atoms with E-state index >= 15 is 0 Å². The van der Waals surface area contributed by atoms with E-state index in [0.29, 0.717) is 17.8 Å². The fourth-order valence-corrected chi connectivity index (χ4v) is 3.65. The van der Waals surface area contributed by atoms with Gasteiger partial charge in [0.25, 0.3) is 0 Å². The second-order valence-electron chi connectivity index (χ2n) is 6.13. The molecule has 0 radical (unpaired) electrons. The summed E-state index contributed by atoms with van der Waals surface area (Å²) in [6.45, 7) is 0. The van der Waals surface area contributed by atoms with E-state index in [9.17, 15) is 18.4 Å². The maximum absolute atomic E-state index is 13.5. The van der Waals surface area contributed by atoms with E-state index in [1.807, 2.05) is 6.07 Å². The molecule has 7 nitrogen and oxygen atoms in total. The minimum absolute atomic E-state index is 0.112. The van der Waals surface area contributed by atoms with Crippen LogP contribution in [-0.4, -0.2) is 30.0 Å². The number of likely N-dealkylation sites (N-methyl/N-ethyl adjacent to an activating group) is 1. The van der Waals surface area contributed by atoms with Crippen molar-refractivity contribution in [3.05, 3.63) is 59.1 Å². The Morgan fingerprint density at radius 2 is 1.97 bits per heavy atom. The zero-order valence-corrected chi connectivity index (χ0v) is 16.8. The SMILES string of the molecule is CN(C(=O)C(Cc1cc(F)cc(F)c1)NC(=O)NSN)c1ccc2scnc2c1. The number of anilines is 1. The van der Waals surface area contributed by atoms with Crippen molar-refractivity contribution in [2.24, 2.45) is 5.14 Å². The lowest BCUT2D eigenvalue weighted by molar-refractivity contribution is -0.120. The Morgan fingerprint density at radius 1 is 1.24 bits per heavy atom. The maximum Gasteiger partial charge on any atom is 0.326 e. The van der Waals surface area contributed by atoms with Crippen molar-refractivity contribution < 1.29 is 18.4 Å². The number of nitrogens with zero attached hydrogens (tertiary/aromatic N) is 2. The van der Waals surface area contributed by atoms with Crippen molar-refractivity contribution in [1.29, 1.82) is 0 Å². The number of rotatable bonds is 6. The standard InChI is InChI=1S/C18H17F2N5O2S2/c1-25(13-2-3-16-14(8-13)22-9-28-16)17(26)15(23-18(27)24-29-21)6-10-4-11(19)7-12(20)5-10/h2-5,7-9,15H,6,21H2,1H3,(H2,23,24,27). The van der Waals surface area contributed by atoms with Crippen LogP contribution in [0.5, 0.6) is 0 Å². The molecule has 0 aliphatic heterocycles. The largest absolute Gasteiger partial charge is 0.326 e. The number of halogens is 2. The van der Waals surface area contributed by atoms with Crippen LogP contribution >= 0.6 is 23.5 Å². The van der Waals surface area contributed by atoms with Gasteiger partial charge >= 0.3 is 6.03 Å². The molecule has 3 amide bonds. The van der Waals surface area contributed by atoms with E-state index in [0.717, 1.165) is 28.4 Å². The van der Waals surface area contributed by atoms with Crippen LogP contribution in [0.1, 0.15) is 5.56 Å². The van der Waals surface area contributed by atoms with Crippen molar-refractivity contribution in [2.45, 2.75) is 12.5 Å². The van der Waals surface area contributed by atoms with E-state index in [4.69, 9.17) is 5.14 Å². The van der Waals surface area contributed by atoms with Gasteiger partial charge in [-0.05, 0) is 35.9 Å². The zero-order valence-electron chi connectivity index (χ0n) is 15.2. The maximum atomic E-state index is 13.5. The van der Waals surface area contributed by atoms with Crippen LogP contribution in [0.3, 0.4) is 0 Å². The molecule has 0 aliphatic carbocycles. The van der Waals surface area contributed by atoms with Gasteiger partial charge in [0.15, 0.2) is 0 Å². The Morgan fingerprint density at radius 3 is 2.66 bits per heavy atom. The summed E-state index contributed by atoms with van der Waals surface area (Å²) >= 11 is 2.04. The normalized spacial score (nSPS) is 11.9. The number of fused-ring (bicyclic) bond motifs is 1. The summed E-state index contributed by atoms with van der Waals surface area (Å²) < 4.78 is 30.3. The molecule has 3 aromatic rings. The van der Waals surface area contributed by atoms with E-state index < -0.39 is 29.6 Å². The Labute approximate surface area is 173 Å². The van der Waals surface area contributed by atoms with Crippen molar-refractivity contribution in [3.63, 3.8) is 0 Å². The van der Waals surface area contributed by atoms with Crippen LogP contribution in [-0.2, 0) is 11.2 Å². The van der Waals surface area contributed by atoms with Crippen molar-refractivity contribution in [2.75, 3.05) is 11.9 Å². The van der Waals surface area contributed by atoms with Crippen LogP contribution in [0, 0.1) is 11.6 Å². The molecule has 0 fully saturated rings. The third-order valence-corrected chi connectivity index (χ3v) is 5.26. The molecule has 0 saturated carbocycles. The van der Waals surface area contributed by atoms with Crippen LogP contribution in [0.4, 0.5) is 19.3 Å². The summed E-state index contributed by atoms with van der Waals surface area (Å²) in [7, 11) is 1.55. The Hall–Kier alpha value is -2.76. The molecule has 1 atom stereocenters. The lowest BCUT2D eigenvalue weighted by Crippen LogP contribution is -2.50. The van der Waals surface area contributed by atoms with Gasteiger partial charge in [-0.15, -0.1) is 11.3 Å². The summed E-state index contributed by atoms with van der Waals surface area (Å²) in [5.41, 5.74) is 3.23. The molecule has 29 heavy (non-hydrogen) atoms. The molecule has 1 heterocycles. The molecule has 3 rings (SSSR count).